The molecule has 1 atom stereocenters. The first kappa shape index (κ1) is 21.8. The van der Waals surface area contributed by atoms with Gasteiger partial charge in [-0.25, -0.2) is 18.0 Å². The van der Waals surface area contributed by atoms with E-state index < -0.39 is 29.4 Å². The molecular formula is C21H18F3N5O2S. The molecule has 1 saturated heterocycles. The van der Waals surface area contributed by atoms with E-state index in [-0.39, 0.29) is 16.6 Å². The van der Waals surface area contributed by atoms with Crippen LogP contribution in [0.5, 0.6) is 0 Å². The Labute approximate surface area is 185 Å². The Morgan fingerprint density at radius 1 is 1.00 bits per heavy atom. The highest BCUT2D eigenvalue weighted by atomic mass is 32.1. The third kappa shape index (κ3) is 5.05. The Kier molecular flexibility index (Phi) is 6.35. The molecular weight excluding hydrogens is 443 g/mol. The minimum absolute atomic E-state index is 0.142. The third-order valence-electron chi connectivity index (χ3n) is 4.96. The molecule has 0 saturated carbocycles. The number of carbonyl (C=O) groups is 2. The van der Waals surface area contributed by atoms with Crippen LogP contribution in [-0.4, -0.2) is 40.1 Å². The summed E-state index contributed by atoms with van der Waals surface area (Å²) in [5.41, 5.74) is 0.200. The lowest BCUT2D eigenvalue weighted by atomic mass is 9.99. The number of halogens is 3. The first-order valence-electron chi connectivity index (χ1n) is 9.80. The van der Waals surface area contributed by atoms with Gasteiger partial charge >= 0.3 is 6.03 Å². The highest BCUT2D eigenvalue weighted by Gasteiger charge is 2.28. The van der Waals surface area contributed by atoms with Crippen LogP contribution in [0.25, 0.3) is 0 Å². The molecule has 1 unspecified atom stereocenters. The first-order valence-corrected chi connectivity index (χ1v) is 10.6. The zero-order chi connectivity index (χ0) is 22.7. The Morgan fingerprint density at radius 2 is 1.75 bits per heavy atom. The molecule has 2 N–H and O–H groups in total. The normalized spacial score (nSPS) is 16.0. The molecule has 0 aliphatic carbocycles. The summed E-state index contributed by atoms with van der Waals surface area (Å²) in [5.74, 6) is -2.40. The highest BCUT2D eigenvalue weighted by Crippen LogP contribution is 2.30. The van der Waals surface area contributed by atoms with Crippen LogP contribution in [-0.2, 0) is 0 Å². The summed E-state index contributed by atoms with van der Waals surface area (Å²) in [4.78, 5) is 26.4. The lowest BCUT2D eigenvalue weighted by Crippen LogP contribution is -2.41. The second-order valence-electron chi connectivity index (χ2n) is 7.25. The number of rotatable bonds is 4. The quantitative estimate of drug-likeness (QED) is 0.594. The van der Waals surface area contributed by atoms with Crippen molar-refractivity contribution < 1.29 is 22.8 Å². The van der Waals surface area contributed by atoms with E-state index in [1.54, 1.807) is 0 Å². The molecule has 0 bridgehead atoms. The number of hydrogen-bond donors (Lipinski definition) is 2. The Bertz CT molecular complexity index is 1140. The summed E-state index contributed by atoms with van der Waals surface area (Å²) in [7, 11) is 0. The first-order chi connectivity index (χ1) is 15.4. The number of piperidine rings is 1. The number of aromatic nitrogens is 2. The maximum Gasteiger partial charge on any atom is 0.321 e. The molecule has 2 heterocycles. The predicted octanol–water partition coefficient (Wildman–Crippen LogP) is 4.62. The summed E-state index contributed by atoms with van der Waals surface area (Å²) < 4.78 is 40.2. The predicted molar refractivity (Wildman–Crippen MR) is 113 cm³/mol. The van der Waals surface area contributed by atoms with E-state index in [1.165, 1.54) is 29.2 Å². The van der Waals surface area contributed by atoms with Gasteiger partial charge in [0.1, 0.15) is 22.5 Å². The molecule has 7 nitrogen and oxygen atoms in total. The fourth-order valence-corrected chi connectivity index (χ4v) is 4.22. The van der Waals surface area contributed by atoms with Crippen molar-refractivity contribution >= 4 is 34.6 Å². The smallest absolute Gasteiger partial charge is 0.321 e. The Hall–Kier alpha value is -3.47. The molecule has 1 aromatic heterocycles. The molecule has 32 heavy (non-hydrogen) atoms. The van der Waals surface area contributed by atoms with Crippen molar-refractivity contribution in [1.29, 1.82) is 0 Å². The van der Waals surface area contributed by atoms with Crippen molar-refractivity contribution in [2.24, 2.45) is 0 Å². The Balaban J connectivity index is 1.39. The molecule has 1 fully saturated rings. The molecule has 166 valence electrons. The van der Waals surface area contributed by atoms with Crippen molar-refractivity contribution in [2.45, 2.75) is 18.8 Å². The van der Waals surface area contributed by atoms with Gasteiger partial charge in [-0.1, -0.05) is 11.3 Å². The van der Waals surface area contributed by atoms with Crippen molar-refractivity contribution in [2.75, 3.05) is 23.7 Å². The van der Waals surface area contributed by atoms with Crippen LogP contribution in [0.4, 0.5) is 29.3 Å². The SMILES string of the molecule is O=C(Nc1ccc(F)cc1)c1nnc(C2CCCN(C(=O)Nc3cc(F)ccc3F)C2)s1. The number of carbonyl (C=O) groups excluding carboxylic acids is 2. The van der Waals surface area contributed by atoms with Gasteiger partial charge in [-0.15, -0.1) is 10.2 Å². The number of urea groups is 1. The van der Waals surface area contributed by atoms with Crippen LogP contribution in [0.3, 0.4) is 0 Å². The number of hydrogen-bond acceptors (Lipinski definition) is 5. The topological polar surface area (TPSA) is 87.2 Å². The summed E-state index contributed by atoms with van der Waals surface area (Å²) >= 11 is 1.12. The summed E-state index contributed by atoms with van der Waals surface area (Å²) in [6.45, 7) is 0.757. The number of benzene rings is 2. The zero-order valence-electron chi connectivity index (χ0n) is 16.6. The van der Waals surface area contributed by atoms with Gasteiger partial charge in [-0.05, 0) is 49.2 Å². The molecule has 3 amide bonds. The second kappa shape index (κ2) is 9.35. The van der Waals surface area contributed by atoms with Crippen LogP contribution in [0.15, 0.2) is 42.5 Å². The summed E-state index contributed by atoms with van der Waals surface area (Å²) in [6.07, 6.45) is 1.42. The van der Waals surface area contributed by atoms with E-state index in [2.05, 4.69) is 20.8 Å². The van der Waals surface area contributed by atoms with Gasteiger partial charge in [-0.3, -0.25) is 4.79 Å². The fraction of sp³-hybridized carbons (Fsp3) is 0.238. The van der Waals surface area contributed by atoms with Gasteiger partial charge < -0.3 is 15.5 Å². The molecule has 0 radical (unpaired) electrons. The van der Waals surface area contributed by atoms with Crippen molar-refractivity contribution in [1.82, 2.24) is 15.1 Å². The fourth-order valence-electron chi connectivity index (χ4n) is 3.36. The maximum absolute atomic E-state index is 13.8. The number of anilines is 2. The number of nitrogens with zero attached hydrogens (tertiary/aromatic N) is 3. The van der Waals surface area contributed by atoms with Gasteiger partial charge in [-0.2, -0.15) is 0 Å². The molecule has 11 heteroatoms. The largest absolute Gasteiger partial charge is 0.324 e. The van der Waals surface area contributed by atoms with Crippen LogP contribution >= 0.6 is 11.3 Å². The molecule has 0 spiro atoms. The summed E-state index contributed by atoms with van der Waals surface area (Å²) in [5, 5.41) is 13.8. The van der Waals surface area contributed by atoms with E-state index in [4.69, 9.17) is 0 Å². The van der Waals surface area contributed by atoms with Gasteiger partial charge in [0.2, 0.25) is 5.01 Å². The Morgan fingerprint density at radius 3 is 2.53 bits per heavy atom. The van der Waals surface area contributed by atoms with Gasteiger partial charge in [0.15, 0.2) is 0 Å². The zero-order valence-corrected chi connectivity index (χ0v) is 17.5. The lowest BCUT2D eigenvalue weighted by Gasteiger charge is -2.31. The number of nitrogens with one attached hydrogen (secondary N) is 2. The van der Waals surface area contributed by atoms with E-state index in [0.717, 1.165) is 36.0 Å². The van der Waals surface area contributed by atoms with E-state index in [0.29, 0.717) is 30.2 Å². The van der Waals surface area contributed by atoms with Crippen molar-refractivity contribution in [3.63, 3.8) is 0 Å². The van der Waals surface area contributed by atoms with Crippen LogP contribution in [0, 0.1) is 17.5 Å². The minimum atomic E-state index is -0.728. The van der Waals surface area contributed by atoms with Crippen LogP contribution < -0.4 is 10.6 Å². The lowest BCUT2D eigenvalue weighted by molar-refractivity contribution is 0.102. The maximum atomic E-state index is 13.8. The number of amides is 3. The molecule has 4 rings (SSSR count). The molecule has 3 aromatic rings. The van der Waals surface area contributed by atoms with Gasteiger partial charge in [0, 0.05) is 30.8 Å². The molecule has 1 aliphatic rings. The van der Waals surface area contributed by atoms with Crippen molar-refractivity contribution in [3.8, 4) is 0 Å². The van der Waals surface area contributed by atoms with Gasteiger partial charge in [0.25, 0.3) is 5.91 Å². The second-order valence-corrected chi connectivity index (χ2v) is 8.26. The summed E-state index contributed by atoms with van der Waals surface area (Å²) in [6, 6.07) is 7.65. The van der Waals surface area contributed by atoms with E-state index >= 15 is 0 Å². The van der Waals surface area contributed by atoms with E-state index in [1.807, 2.05) is 0 Å². The van der Waals surface area contributed by atoms with E-state index in [9.17, 15) is 22.8 Å². The minimum Gasteiger partial charge on any atom is -0.324 e. The van der Waals surface area contributed by atoms with Gasteiger partial charge in [0.05, 0.1) is 5.69 Å². The average Bonchev–Trinajstić information content (AvgIpc) is 3.28. The monoisotopic (exact) mass is 461 g/mol. The number of likely N-dealkylation sites (tertiary alicyclic amines) is 1. The average molecular weight is 461 g/mol. The van der Waals surface area contributed by atoms with Crippen molar-refractivity contribution in [3.05, 3.63) is 69.9 Å². The van der Waals surface area contributed by atoms with Crippen LogP contribution in [0.2, 0.25) is 0 Å². The highest BCUT2D eigenvalue weighted by molar-refractivity contribution is 7.13. The molecule has 2 aromatic carbocycles. The third-order valence-corrected chi connectivity index (χ3v) is 6.05. The molecule has 1 aliphatic heterocycles. The standard InChI is InChI=1S/C21H18F3N5O2S/c22-13-3-6-15(7-4-13)25-18(30)20-28-27-19(32-20)12-2-1-9-29(11-12)21(31)26-17-10-14(23)5-8-16(17)24/h3-8,10,12H,1-2,9,11H2,(H,25,30)(H,26,31). The van der Waals surface area contributed by atoms with Crippen LogP contribution in [0.1, 0.15) is 33.6 Å².